The number of methoxy groups -OCH3 is 1. The number of aromatic nitrogens is 1. The zero-order chi connectivity index (χ0) is 14.5. The summed E-state index contributed by atoms with van der Waals surface area (Å²) in [5.74, 6) is 0.183. The number of thiazole rings is 1. The molecule has 3 rings (SSSR count). The third-order valence-electron chi connectivity index (χ3n) is 3.37. The smallest absolute Gasteiger partial charge is 0.105 e. The average Bonchev–Trinajstić information content (AvgIpc) is 2.98. The van der Waals surface area contributed by atoms with Gasteiger partial charge >= 0.3 is 0 Å². The first-order valence-electron chi connectivity index (χ1n) is 6.91. The molecule has 0 spiro atoms. The van der Waals surface area contributed by atoms with Crippen LogP contribution in [0.5, 0.6) is 0 Å². The van der Waals surface area contributed by atoms with Gasteiger partial charge in [-0.2, -0.15) is 0 Å². The Labute approximate surface area is 129 Å². The summed E-state index contributed by atoms with van der Waals surface area (Å²) in [5, 5.41) is 3.19. The lowest BCUT2D eigenvalue weighted by molar-refractivity contribution is 0.182. The van der Waals surface area contributed by atoms with Crippen molar-refractivity contribution in [1.82, 2.24) is 4.98 Å². The molecule has 0 bridgehead atoms. The van der Waals surface area contributed by atoms with Crippen molar-refractivity contribution < 1.29 is 4.74 Å². The molecule has 106 valence electrons. The lowest BCUT2D eigenvalue weighted by Crippen LogP contribution is -2.03. The molecule has 0 aliphatic rings. The fourth-order valence-electron chi connectivity index (χ4n) is 2.44. The first-order chi connectivity index (χ1) is 10.4. The normalized spacial score (nSPS) is 11.0. The zero-order valence-corrected chi connectivity index (χ0v) is 12.7. The van der Waals surface area contributed by atoms with Gasteiger partial charge < -0.3 is 4.74 Å². The Hall–Kier alpha value is -1.97. The molecule has 0 saturated heterocycles. The maximum absolute atomic E-state index is 5.18. The zero-order valence-electron chi connectivity index (χ0n) is 11.9. The van der Waals surface area contributed by atoms with Crippen molar-refractivity contribution in [2.45, 2.75) is 12.5 Å². The molecule has 0 radical (unpaired) electrons. The maximum Gasteiger partial charge on any atom is 0.105 e. The van der Waals surface area contributed by atoms with Crippen molar-refractivity contribution in [3.05, 3.63) is 87.9 Å². The van der Waals surface area contributed by atoms with Gasteiger partial charge in [0.15, 0.2) is 0 Å². The number of ether oxygens (including phenoxy) is 1. The topological polar surface area (TPSA) is 22.1 Å². The highest BCUT2D eigenvalue weighted by molar-refractivity contribution is 7.09. The van der Waals surface area contributed by atoms with Crippen LogP contribution in [0, 0.1) is 0 Å². The lowest BCUT2D eigenvalue weighted by atomic mass is 9.92. The van der Waals surface area contributed by atoms with Crippen molar-refractivity contribution in [3.63, 3.8) is 0 Å². The average molecular weight is 295 g/mol. The summed E-state index contributed by atoms with van der Waals surface area (Å²) in [6, 6.07) is 21.1. The van der Waals surface area contributed by atoms with Crippen molar-refractivity contribution in [3.8, 4) is 0 Å². The van der Waals surface area contributed by atoms with E-state index in [9.17, 15) is 0 Å². The Morgan fingerprint density at radius 1 is 0.952 bits per heavy atom. The van der Waals surface area contributed by atoms with Gasteiger partial charge in [0.2, 0.25) is 0 Å². The van der Waals surface area contributed by atoms with Crippen molar-refractivity contribution in [2.24, 2.45) is 0 Å². The molecule has 0 amide bonds. The van der Waals surface area contributed by atoms with Gasteiger partial charge in [0, 0.05) is 12.5 Å². The Balaban J connectivity index is 2.03. The molecule has 3 heteroatoms. The van der Waals surface area contributed by atoms with Crippen LogP contribution in [0.2, 0.25) is 0 Å². The molecular formula is C18H17NOS. The number of hydrogen-bond acceptors (Lipinski definition) is 3. The van der Waals surface area contributed by atoms with Crippen molar-refractivity contribution in [1.29, 1.82) is 0 Å². The van der Waals surface area contributed by atoms with Gasteiger partial charge in [-0.3, -0.25) is 0 Å². The van der Waals surface area contributed by atoms with Crippen LogP contribution in [0.4, 0.5) is 0 Å². The van der Waals surface area contributed by atoms with E-state index in [1.54, 1.807) is 18.4 Å². The fraction of sp³-hybridized carbons (Fsp3) is 0.167. The van der Waals surface area contributed by atoms with E-state index >= 15 is 0 Å². The van der Waals surface area contributed by atoms with E-state index in [0.717, 1.165) is 10.7 Å². The van der Waals surface area contributed by atoms with Crippen LogP contribution in [-0.4, -0.2) is 12.1 Å². The van der Waals surface area contributed by atoms with Crippen molar-refractivity contribution >= 4 is 11.3 Å². The van der Waals surface area contributed by atoms with Gasteiger partial charge in [0.25, 0.3) is 0 Å². The van der Waals surface area contributed by atoms with Gasteiger partial charge in [-0.25, -0.2) is 4.98 Å². The number of hydrogen-bond donors (Lipinski definition) is 0. The van der Waals surface area contributed by atoms with E-state index in [2.05, 4.69) is 53.9 Å². The lowest BCUT2D eigenvalue weighted by Gasteiger charge is -2.15. The van der Waals surface area contributed by atoms with E-state index in [1.807, 2.05) is 12.1 Å². The molecule has 0 aliphatic heterocycles. The summed E-state index contributed by atoms with van der Waals surface area (Å²) in [6.45, 7) is 0.562. The molecule has 1 aromatic heterocycles. The Kier molecular flexibility index (Phi) is 4.43. The van der Waals surface area contributed by atoms with Gasteiger partial charge in [-0.1, -0.05) is 60.7 Å². The summed E-state index contributed by atoms with van der Waals surface area (Å²) in [5.41, 5.74) is 3.53. The van der Waals surface area contributed by atoms with Crippen molar-refractivity contribution in [2.75, 3.05) is 7.11 Å². The minimum Gasteiger partial charge on any atom is -0.378 e. The first-order valence-corrected chi connectivity index (χ1v) is 7.79. The molecule has 0 atom stereocenters. The molecule has 2 aromatic carbocycles. The SMILES string of the molecule is COCc1csc(C(c2ccccc2)c2ccccc2)n1. The monoisotopic (exact) mass is 295 g/mol. The minimum absolute atomic E-state index is 0.183. The van der Waals surface area contributed by atoms with E-state index in [-0.39, 0.29) is 5.92 Å². The van der Waals surface area contributed by atoms with Gasteiger partial charge in [0.1, 0.15) is 5.01 Å². The van der Waals surface area contributed by atoms with Crippen LogP contribution < -0.4 is 0 Å². The highest BCUT2D eigenvalue weighted by Gasteiger charge is 2.19. The van der Waals surface area contributed by atoms with E-state index in [4.69, 9.17) is 9.72 Å². The second-order valence-electron chi connectivity index (χ2n) is 4.86. The summed E-state index contributed by atoms with van der Waals surface area (Å²) in [7, 11) is 1.70. The summed E-state index contributed by atoms with van der Waals surface area (Å²) < 4.78 is 5.18. The van der Waals surface area contributed by atoms with E-state index < -0.39 is 0 Å². The van der Waals surface area contributed by atoms with Crippen LogP contribution in [0.3, 0.4) is 0 Å². The van der Waals surface area contributed by atoms with Crippen LogP contribution in [0.15, 0.2) is 66.0 Å². The van der Waals surface area contributed by atoms with Gasteiger partial charge in [-0.15, -0.1) is 11.3 Å². The molecule has 21 heavy (non-hydrogen) atoms. The summed E-state index contributed by atoms with van der Waals surface area (Å²) in [6.07, 6.45) is 0. The molecule has 0 saturated carbocycles. The minimum atomic E-state index is 0.183. The van der Waals surface area contributed by atoms with Crippen LogP contribution in [0.1, 0.15) is 27.7 Å². The Morgan fingerprint density at radius 3 is 2.05 bits per heavy atom. The molecule has 3 aromatic rings. The molecule has 0 unspecified atom stereocenters. The quantitative estimate of drug-likeness (QED) is 0.693. The molecule has 0 N–H and O–H groups in total. The number of rotatable bonds is 5. The predicted octanol–water partition coefficient (Wildman–Crippen LogP) is 4.47. The van der Waals surface area contributed by atoms with Crippen LogP contribution >= 0.6 is 11.3 Å². The largest absolute Gasteiger partial charge is 0.378 e. The maximum atomic E-state index is 5.18. The molecular weight excluding hydrogens is 278 g/mol. The number of benzene rings is 2. The highest BCUT2D eigenvalue weighted by atomic mass is 32.1. The second kappa shape index (κ2) is 6.66. The van der Waals surface area contributed by atoms with Crippen LogP contribution in [0.25, 0.3) is 0 Å². The van der Waals surface area contributed by atoms with E-state index in [0.29, 0.717) is 6.61 Å². The third kappa shape index (κ3) is 3.20. The van der Waals surface area contributed by atoms with Gasteiger partial charge in [0.05, 0.1) is 18.2 Å². The highest BCUT2D eigenvalue weighted by Crippen LogP contribution is 2.33. The number of nitrogens with zero attached hydrogens (tertiary/aromatic N) is 1. The third-order valence-corrected chi connectivity index (χ3v) is 4.33. The Bertz CT molecular complexity index is 639. The fourth-order valence-corrected chi connectivity index (χ4v) is 3.39. The van der Waals surface area contributed by atoms with E-state index in [1.165, 1.54) is 11.1 Å². The van der Waals surface area contributed by atoms with Crippen LogP contribution in [-0.2, 0) is 11.3 Å². The standard InChI is InChI=1S/C18H17NOS/c1-20-12-16-13-21-18(19-16)17(14-8-4-2-5-9-14)15-10-6-3-7-11-15/h2-11,13,17H,12H2,1H3. The molecule has 0 fully saturated rings. The summed E-state index contributed by atoms with van der Waals surface area (Å²) in [4.78, 5) is 4.75. The Morgan fingerprint density at radius 2 is 1.52 bits per heavy atom. The molecule has 1 heterocycles. The second-order valence-corrected chi connectivity index (χ2v) is 5.75. The predicted molar refractivity (Wildman–Crippen MR) is 86.7 cm³/mol. The first kappa shape index (κ1) is 14.0. The molecule has 0 aliphatic carbocycles. The van der Waals surface area contributed by atoms with Gasteiger partial charge in [-0.05, 0) is 11.1 Å². The summed E-state index contributed by atoms with van der Waals surface area (Å²) >= 11 is 1.70. The molecule has 2 nitrogen and oxygen atoms in total.